The molecule has 5 heteroatoms. The molecule has 0 fully saturated rings. The maximum Gasteiger partial charge on any atom is 0.292 e. The average molecular weight is 225 g/mol. The lowest BCUT2D eigenvalue weighted by molar-refractivity contribution is -0.384. The first kappa shape index (κ1) is 14.4. The van der Waals surface area contributed by atoms with Crippen molar-refractivity contribution >= 4 is 11.4 Å². The standard InChI is InChI=1S/C9H13N3O2.C2H6/c1-6-3-4-8(12(13)14)9(11-2)7(6)5-10;1-2/h3-4,11H,5,10H2,1-2H3;1-2H3. The van der Waals surface area contributed by atoms with E-state index in [4.69, 9.17) is 5.73 Å². The van der Waals surface area contributed by atoms with Gasteiger partial charge in [-0.05, 0) is 18.1 Å². The minimum absolute atomic E-state index is 0.0681. The van der Waals surface area contributed by atoms with E-state index in [2.05, 4.69) is 5.32 Å². The Balaban J connectivity index is 0.00000106. The van der Waals surface area contributed by atoms with Gasteiger partial charge in [0.25, 0.3) is 5.69 Å². The minimum atomic E-state index is -0.412. The van der Waals surface area contributed by atoms with Gasteiger partial charge in [-0.25, -0.2) is 0 Å². The van der Waals surface area contributed by atoms with Crippen LogP contribution >= 0.6 is 0 Å². The number of anilines is 1. The van der Waals surface area contributed by atoms with Gasteiger partial charge in [0.15, 0.2) is 0 Å². The molecule has 1 aromatic carbocycles. The van der Waals surface area contributed by atoms with Crippen LogP contribution in [-0.4, -0.2) is 12.0 Å². The Bertz CT molecular complexity index is 364. The van der Waals surface area contributed by atoms with Crippen molar-refractivity contribution < 1.29 is 4.92 Å². The van der Waals surface area contributed by atoms with E-state index in [1.165, 1.54) is 6.07 Å². The van der Waals surface area contributed by atoms with Crippen LogP contribution in [0.25, 0.3) is 0 Å². The molecule has 0 aliphatic carbocycles. The van der Waals surface area contributed by atoms with Gasteiger partial charge in [-0.15, -0.1) is 0 Å². The topological polar surface area (TPSA) is 81.2 Å². The van der Waals surface area contributed by atoms with Gasteiger partial charge in [0, 0.05) is 19.7 Å². The molecule has 1 aromatic rings. The normalized spacial score (nSPS) is 9.06. The molecule has 0 atom stereocenters. The van der Waals surface area contributed by atoms with Gasteiger partial charge in [-0.2, -0.15) is 0 Å². The van der Waals surface area contributed by atoms with Crippen LogP contribution in [0.5, 0.6) is 0 Å². The van der Waals surface area contributed by atoms with E-state index in [0.717, 1.165) is 11.1 Å². The molecule has 5 nitrogen and oxygen atoms in total. The highest BCUT2D eigenvalue weighted by molar-refractivity contribution is 5.68. The van der Waals surface area contributed by atoms with Crippen LogP contribution in [0.15, 0.2) is 12.1 Å². The Morgan fingerprint density at radius 1 is 1.44 bits per heavy atom. The van der Waals surface area contributed by atoms with E-state index < -0.39 is 4.92 Å². The monoisotopic (exact) mass is 225 g/mol. The van der Waals surface area contributed by atoms with Crippen LogP contribution in [-0.2, 0) is 6.54 Å². The molecule has 0 spiro atoms. The Hall–Kier alpha value is -1.62. The lowest BCUT2D eigenvalue weighted by Gasteiger charge is -2.10. The fourth-order valence-electron chi connectivity index (χ4n) is 1.43. The van der Waals surface area contributed by atoms with Gasteiger partial charge in [0.2, 0.25) is 0 Å². The maximum atomic E-state index is 10.7. The van der Waals surface area contributed by atoms with E-state index in [9.17, 15) is 10.1 Å². The van der Waals surface area contributed by atoms with E-state index in [-0.39, 0.29) is 5.69 Å². The highest BCUT2D eigenvalue weighted by Crippen LogP contribution is 2.29. The molecule has 0 aliphatic heterocycles. The summed E-state index contributed by atoms with van der Waals surface area (Å²) >= 11 is 0. The van der Waals surface area contributed by atoms with Crippen LogP contribution in [0.1, 0.15) is 25.0 Å². The summed E-state index contributed by atoms with van der Waals surface area (Å²) in [4.78, 5) is 10.3. The molecule has 0 aliphatic rings. The Labute approximate surface area is 95.8 Å². The number of hydrogen-bond donors (Lipinski definition) is 2. The van der Waals surface area contributed by atoms with Crippen molar-refractivity contribution in [2.75, 3.05) is 12.4 Å². The molecule has 0 aromatic heterocycles. The van der Waals surface area contributed by atoms with Crippen molar-refractivity contribution in [3.05, 3.63) is 33.4 Å². The second-order valence-electron chi connectivity index (χ2n) is 2.97. The van der Waals surface area contributed by atoms with Gasteiger partial charge in [0.05, 0.1) is 4.92 Å². The van der Waals surface area contributed by atoms with Crippen LogP contribution in [0.4, 0.5) is 11.4 Å². The molecule has 0 heterocycles. The summed E-state index contributed by atoms with van der Waals surface area (Å²) in [6, 6.07) is 3.20. The van der Waals surface area contributed by atoms with Crippen molar-refractivity contribution in [2.45, 2.75) is 27.3 Å². The first-order chi connectivity index (χ1) is 7.61. The first-order valence-electron chi connectivity index (χ1n) is 5.26. The Morgan fingerprint density at radius 2 is 2.00 bits per heavy atom. The molecule has 90 valence electrons. The smallest absolute Gasteiger partial charge is 0.292 e. The van der Waals surface area contributed by atoms with Gasteiger partial charge < -0.3 is 11.1 Å². The van der Waals surface area contributed by atoms with Crippen LogP contribution in [0, 0.1) is 17.0 Å². The predicted octanol–water partition coefficient (Wildman–Crippen LogP) is 2.43. The van der Waals surface area contributed by atoms with Crippen molar-refractivity contribution in [1.82, 2.24) is 0 Å². The largest absolute Gasteiger partial charge is 0.382 e. The van der Waals surface area contributed by atoms with E-state index in [0.29, 0.717) is 12.2 Å². The zero-order chi connectivity index (χ0) is 12.7. The summed E-state index contributed by atoms with van der Waals surface area (Å²) in [7, 11) is 1.65. The van der Waals surface area contributed by atoms with Gasteiger partial charge >= 0.3 is 0 Å². The second kappa shape index (κ2) is 6.79. The predicted molar refractivity (Wildman–Crippen MR) is 66.6 cm³/mol. The van der Waals surface area contributed by atoms with Gasteiger partial charge in [0.1, 0.15) is 5.69 Å². The molecular formula is C11H19N3O2. The number of nitrogens with two attached hydrogens (primary N) is 1. The zero-order valence-electron chi connectivity index (χ0n) is 10.2. The molecule has 0 saturated carbocycles. The van der Waals surface area contributed by atoms with Gasteiger partial charge in [-0.1, -0.05) is 19.9 Å². The number of nitrogens with zero attached hydrogens (tertiary/aromatic N) is 1. The first-order valence-corrected chi connectivity index (χ1v) is 5.26. The third-order valence-electron chi connectivity index (χ3n) is 2.18. The zero-order valence-corrected chi connectivity index (χ0v) is 10.2. The maximum absolute atomic E-state index is 10.7. The summed E-state index contributed by atoms with van der Waals surface area (Å²) in [5.41, 5.74) is 7.87. The lowest BCUT2D eigenvalue weighted by Crippen LogP contribution is -2.06. The molecule has 0 bridgehead atoms. The van der Waals surface area contributed by atoms with Crippen molar-refractivity contribution in [3.8, 4) is 0 Å². The fraction of sp³-hybridized carbons (Fsp3) is 0.455. The molecule has 1 rings (SSSR count). The lowest BCUT2D eigenvalue weighted by atomic mass is 10.1. The SMILES string of the molecule is CC.CNc1c([N+](=O)[O-])ccc(C)c1CN. The van der Waals surface area contributed by atoms with E-state index in [1.807, 2.05) is 20.8 Å². The molecule has 0 unspecified atom stereocenters. The molecule has 3 N–H and O–H groups in total. The van der Waals surface area contributed by atoms with E-state index >= 15 is 0 Å². The number of hydrogen-bond acceptors (Lipinski definition) is 4. The van der Waals surface area contributed by atoms with Crippen LogP contribution < -0.4 is 11.1 Å². The number of nitro benzene ring substituents is 1. The summed E-state index contributed by atoms with van der Waals surface area (Å²) in [6.07, 6.45) is 0. The number of benzene rings is 1. The summed E-state index contributed by atoms with van der Waals surface area (Å²) in [6.45, 7) is 6.18. The summed E-state index contributed by atoms with van der Waals surface area (Å²) in [5, 5.41) is 13.5. The highest BCUT2D eigenvalue weighted by atomic mass is 16.6. The van der Waals surface area contributed by atoms with Gasteiger partial charge in [-0.3, -0.25) is 10.1 Å². The third-order valence-corrected chi connectivity index (χ3v) is 2.18. The Kier molecular flexibility index (Phi) is 6.10. The average Bonchev–Trinajstić information content (AvgIpc) is 2.30. The molecule has 0 radical (unpaired) electrons. The quantitative estimate of drug-likeness (QED) is 0.611. The molecular weight excluding hydrogens is 206 g/mol. The highest BCUT2D eigenvalue weighted by Gasteiger charge is 2.16. The van der Waals surface area contributed by atoms with Crippen LogP contribution in [0.3, 0.4) is 0 Å². The second-order valence-corrected chi connectivity index (χ2v) is 2.97. The van der Waals surface area contributed by atoms with Crippen molar-refractivity contribution in [3.63, 3.8) is 0 Å². The third kappa shape index (κ3) is 2.93. The molecule has 0 saturated heterocycles. The Morgan fingerprint density at radius 3 is 2.38 bits per heavy atom. The van der Waals surface area contributed by atoms with Crippen molar-refractivity contribution in [2.24, 2.45) is 5.73 Å². The molecule has 16 heavy (non-hydrogen) atoms. The van der Waals surface area contributed by atoms with Crippen molar-refractivity contribution in [1.29, 1.82) is 0 Å². The summed E-state index contributed by atoms with van der Waals surface area (Å²) in [5.74, 6) is 0. The number of nitrogens with one attached hydrogen (secondary N) is 1. The fourth-order valence-corrected chi connectivity index (χ4v) is 1.43. The van der Waals surface area contributed by atoms with Crippen LogP contribution in [0.2, 0.25) is 0 Å². The number of aryl methyl sites for hydroxylation is 1. The number of nitro groups is 1. The number of rotatable bonds is 3. The van der Waals surface area contributed by atoms with E-state index in [1.54, 1.807) is 13.1 Å². The molecule has 0 amide bonds. The minimum Gasteiger partial charge on any atom is -0.382 e. The summed E-state index contributed by atoms with van der Waals surface area (Å²) < 4.78 is 0.